The van der Waals surface area contributed by atoms with Crippen LogP contribution in [0.3, 0.4) is 0 Å². The van der Waals surface area contributed by atoms with Gasteiger partial charge in [-0.25, -0.2) is 0 Å². The number of fused-ring (bicyclic) bond motifs is 1. The molecule has 7 heteroatoms. The van der Waals surface area contributed by atoms with Crippen LogP contribution in [0.4, 0.5) is 0 Å². The van der Waals surface area contributed by atoms with Crippen molar-refractivity contribution in [3.8, 4) is 0 Å². The first-order chi connectivity index (χ1) is 15.0. The number of esters is 1. The number of methoxy groups -OCH3 is 1. The van der Waals surface area contributed by atoms with Gasteiger partial charge >= 0.3 is 5.97 Å². The summed E-state index contributed by atoms with van der Waals surface area (Å²) in [7, 11) is 1.31. The Hall–Kier alpha value is -3.19. The number of rotatable bonds is 8. The standard InChI is InChI=1S/C24H23BrN2O4/c1-31-23(29)15-21(18-7-4-8-20(25)14-18)27-22(28)11-12-26-24(30)19-10-9-16-5-2-3-6-17(16)13-19/h2-10,13-14,21H,11-12,15H2,1H3,(H,26,30)(H,27,28). The number of amides is 2. The highest BCUT2D eigenvalue weighted by molar-refractivity contribution is 9.10. The highest BCUT2D eigenvalue weighted by Crippen LogP contribution is 2.21. The molecule has 31 heavy (non-hydrogen) atoms. The number of hydrogen-bond donors (Lipinski definition) is 2. The summed E-state index contributed by atoms with van der Waals surface area (Å²) < 4.78 is 5.59. The van der Waals surface area contributed by atoms with Crippen LogP contribution in [0, 0.1) is 0 Å². The monoisotopic (exact) mass is 482 g/mol. The Morgan fingerprint density at radius 2 is 1.74 bits per heavy atom. The highest BCUT2D eigenvalue weighted by atomic mass is 79.9. The molecule has 0 aromatic heterocycles. The molecule has 0 radical (unpaired) electrons. The zero-order valence-electron chi connectivity index (χ0n) is 17.1. The number of hydrogen-bond acceptors (Lipinski definition) is 4. The van der Waals surface area contributed by atoms with Gasteiger partial charge in [0.2, 0.25) is 5.91 Å². The topological polar surface area (TPSA) is 84.5 Å². The van der Waals surface area contributed by atoms with Gasteiger partial charge in [0.1, 0.15) is 0 Å². The maximum absolute atomic E-state index is 12.4. The molecule has 0 saturated heterocycles. The molecule has 0 heterocycles. The minimum atomic E-state index is -0.520. The maximum Gasteiger partial charge on any atom is 0.307 e. The van der Waals surface area contributed by atoms with E-state index in [4.69, 9.17) is 4.74 Å². The number of carbonyl (C=O) groups excluding carboxylic acids is 3. The molecule has 6 nitrogen and oxygen atoms in total. The lowest BCUT2D eigenvalue weighted by Crippen LogP contribution is -2.34. The number of carbonyl (C=O) groups is 3. The zero-order valence-corrected chi connectivity index (χ0v) is 18.6. The number of nitrogens with one attached hydrogen (secondary N) is 2. The lowest BCUT2D eigenvalue weighted by Gasteiger charge is -2.18. The number of halogens is 1. The van der Waals surface area contributed by atoms with Crippen molar-refractivity contribution < 1.29 is 19.1 Å². The molecule has 0 aliphatic rings. The van der Waals surface area contributed by atoms with Crippen molar-refractivity contribution in [1.29, 1.82) is 0 Å². The lowest BCUT2D eigenvalue weighted by molar-refractivity contribution is -0.141. The molecule has 1 atom stereocenters. The van der Waals surface area contributed by atoms with E-state index in [1.165, 1.54) is 7.11 Å². The Kier molecular flexibility index (Phi) is 7.78. The van der Waals surface area contributed by atoms with Gasteiger partial charge in [-0.1, -0.05) is 58.4 Å². The SMILES string of the molecule is COC(=O)CC(NC(=O)CCNC(=O)c1ccc2ccccc2c1)c1cccc(Br)c1. The second-order valence-electron chi connectivity index (χ2n) is 7.02. The van der Waals surface area contributed by atoms with E-state index in [0.717, 1.165) is 20.8 Å². The van der Waals surface area contributed by atoms with E-state index < -0.39 is 12.0 Å². The van der Waals surface area contributed by atoms with Crippen molar-refractivity contribution in [1.82, 2.24) is 10.6 Å². The Bertz CT molecular complexity index is 1100. The van der Waals surface area contributed by atoms with Crippen molar-refractivity contribution in [2.24, 2.45) is 0 Å². The molecule has 3 aromatic carbocycles. The number of ether oxygens (including phenoxy) is 1. The normalized spacial score (nSPS) is 11.5. The van der Waals surface area contributed by atoms with Crippen LogP contribution in [-0.4, -0.2) is 31.4 Å². The molecule has 0 bridgehead atoms. The van der Waals surface area contributed by atoms with E-state index in [1.54, 1.807) is 6.07 Å². The van der Waals surface area contributed by atoms with E-state index in [2.05, 4.69) is 26.6 Å². The van der Waals surface area contributed by atoms with Gasteiger partial charge in [-0.05, 0) is 40.6 Å². The first kappa shape index (κ1) is 22.5. The van der Waals surface area contributed by atoms with Crippen molar-refractivity contribution >= 4 is 44.5 Å². The summed E-state index contributed by atoms with van der Waals surface area (Å²) in [4.78, 5) is 36.6. The van der Waals surface area contributed by atoms with Crippen LogP contribution in [-0.2, 0) is 14.3 Å². The second kappa shape index (κ2) is 10.7. The highest BCUT2D eigenvalue weighted by Gasteiger charge is 2.19. The lowest BCUT2D eigenvalue weighted by atomic mass is 10.0. The predicted molar refractivity (Wildman–Crippen MR) is 123 cm³/mol. The van der Waals surface area contributed by atoms with Crippen molar-refractivity contribution in [3.05, 3.63) is 82.3 Å². The average Bonchev–Trinajstić information content (AvgIpc) is 2.78. The molecule has 0 saturated carbocycles. The summed E-state index contributed by atoms with van der Waals surface area (Å²) in [5, 5.41) is 7.66. The Morgan fingerprint density at radius 3 is 2.48 bits per heavy atom. The van der Waals surface area contributed by atoms with Gasteiger partial charge in [0.15, 0.2) is 0 Å². The van der Waals surface area contributed by atoms with E-state index in [-0.39, 0.29) is 31.2 Å². The molecule has 3 aromatic rings. The summed E-state index contributed by atoms with van der Waals surface area (Å²) in [6, 6.07) is 20.1. The fraction of sp³-hybridized carbons (Fsp3) is 0.208. The molecule has 2 N–H and O–H groups in total. The van der Waals surface area contributed by atoms with Gasteiger partial charge in [0.05, 0.1) is 19.6 Å². The Balaban J connectivity index is 1.56. The van der Waals surface area contributed by atoms with Gasteiger partial charge in [-0.2, -0.15) is 0 Å². The van der Waals surface area contributed by atoms with E-state index in [9.17, 15) is 14.4 Å². The molecule has 0 aliphatic carbocycles. The van der Waals surface area contributed by atoms with Gasteiger partial charge in [-0.15, -0.1) is 0 Å². The van der Waals surface area contributed by atoms with Crippen LogP contribution in [0.25, 0.3) is 10.8 Å². The molecule has 160 valence electrons. The quantitative estimate of drug-likeness (QED) is 0.472. The zero-order chi connectivity index (χ0) is 22.2. The fourth-order valence-electron chi connectivity index (χ4n) is 3.21. The van der Waals surface area contributed by atoms with Crippen LogP contribution in [0.15, 0.2) is 71.2 Å². The summed E-state index contributed by atoms with van der Waals surface area (Å²) in [5.41, 5.74) is 1.32. The number of benzene rings is 3. The molecule has 1 unspecified atom stereocenters. The summed E-state index contributed by atoms with van der Waals surface area (Å²) in [5.74, 6) is -0.931. The fourth-order valence-corrected chi connectivity index (χ4v) is 3.63. The largest absolute Gasteiger partial charge is 0.469 e. The smallest absolute Gasteiger partial charge is 0.307 e. The van der Waals surface area contributed by atoms with E-state index in [0.29, 0.717) is 5.56 Å². The van der Waals surface area contributed by atoms with Crippen molar-refractivity contribution in [2.45, 2.75) is 18.9 Å². The summed E-state index contributed by atoms with van der Waals surface area (Å²) in [6.07, 6.45) is 0.104. The Morgan fingerprint density at radius 1 is 0.968 bits per heavy atom. The van der Waals surface area contributed by atoms with Gasteiger partial charge in [0, 0.05) is 23.0 Å². The van der Waals surface area contributed by atoms with E-state index >= 15 is 0 Å². The maximum atomic E-state index is 12.4. The Labute approximate surface area is 189 Å². The van der Waals surface area contributed by atoms with Crippen LogP contribution in [0.5, 0.6) is 0 Å². The van der Waals surface area contributed by atoms with Crippen LogP contribution >= 0.6 is 15.9 Å². The molecular weight excluding hydrogens is 460 g/mol. The molecule has 0 fully saturated rings. The second-order valence-corrected chi connectivity index (χ2v) is 7.94. The molecule has 2 amide bonds. The summed E-state index contributed by atoms with van der Waals surface area (Å²) in [6.45, 7) is 0.181. The van der Waals surface area contributed by atoms with Crippen LogP contribution in [0.1, 0.15) is 34.8 Å². The third kappa shape index (κ3) is 6.39. The van der Waals surface area contributed by atoms with E-state index in [1.807, 2.05) is 60.7 Å². The minimum Gasteiger partial charge on any atom is -0.469 e. The predicted octanol–water partition coefficient (Wildman–Crippen LogP) is 4.14. The molecule has 3 rings (SSSR count). The molecular formula is C24H23BrN2O4. The molecule has 0 spiro atoms. The first-order valence-corrected chi connectivity index (χ1v) is 10.6. The van der Waals surface area contributed by atoms with Crippen LogP contribution in [0.2, 0.25) is 0 Å². The van der Waals surface area contributed by atoms with Crippen molar-refractivity contribution in [2.75, 3.05) is 13.7 Å². The average molecular weight is 483 g/mol. The minimum absolute atomic E-state index is 0.0160. The van der Waals surface area contributed by atoms with Crippen molar-refractivity contribution in [3.63, 3.8) is 0 Å². The first-order valence-electron chi connectivity index (χ1n) is 9.85. The van der Waals surface area contributed by atoms with Gasteiger partial charge in [-0.3, -0.25) is 14.4 Å². The van der Waals surface area contributed by atoms with Crippen LogP contribution < -0.4 is 10.6 Å². The summed E-state index contributed by atoms with van der Waals surface area (Å²) >= 11 is 3.40. The third-order valence-corrected chi connectivity index (χ3v) is 5.33. The van der Waals surface area contributed by atoms with Gasteiger partial charge in [0.25, 0.3) is 5.91 Å². The third-order valence-electron chi connectivity index (χ3n) is 4.83. The molecule has 0 aliphatic heterocycles. The van der Waals surface area contributed by atoms with Gasteiger partial charge < -0.3 is 15.4 Å².